The highest BCUT2D eigenvalue weighted by Gasteiger charge is 2.17. The van der Waals surface area contributed by atoms with Crippen molar-refractivity contribution in [3.05, 3.63) is 51.2 Å². The van der Waals surface area contributed by atoms with Crippen LogP contribution in [0.25, 0.3) is 0 Å². The Kier molecular flexibility index (Phi) is 3.42. The van der Waals surface area contributed by atoms with E-state index in [1.54, 1.807) is 12.1 Å². The normalized spacial score (nSPS) is 10.1. The van der Waals surface area contributed by atoms with Gasteiger partial charge in [-0.05, 0) is 12.1 Å². The van der Waals surface area contributed by atoms with Crippen molar-refractivity contribution in [2.24, 2.45) is 0 Å². The zero-order valence-electron chi connectivity index (χ0n) is 9.04. The smallest absolute Gasteiger partial charge is 0.312 e. The van der Waals surface area contributed by atoms with E-state index < -0.39 is 4.92 Å². The van der Waals surface area contributed by atoms with Crippen LogP contribution in [-0.4, -0.2) is 9.91 Å². The van der Waals surface area contributed by atoms with E-state index in [2.05, 4.69) is 20.9 Å². The quantitative estimate of drug-likeness (QED) is 0.694. The maximum Gasteiger partial charge on any atom is 0.312 e. The molecule has 0 aliphatic carbocycles. The lowest BCUT2D eigenvalue weighted by atomic mass is 10.3. The summed E-state index contributed by atoms with van der Waals surface area (Å²) >= 11 is 3.17. The second-order valence-electron chi connectivity index (χ2n) is 3.38. The highest BCUT2D eigenvalue weighted by molar-refractivity contribution is 9.10. The lowest BCUT2D eigenvalue weighted by Crippen LogP contribution is -1.96. The van der Waals surface area contributed by atoms with Gasteiger partial charge in [0.1, 0.15) is 0 Å². The molecule has 2 N–H and O–H groups in total. The van der Waals surface area contributed by atoms with Crippen molar-refractivity contribution >= 4 is 27.3 Å². The number of nitrogen functional groups attached to an aromatic ring is 1. The minimum atomic E-state index is -0.516. The van der Waals surface area contributed by atoms with Crippen LogP contribution < -0.4 is 10.5 Å². The van der Waals surface area contributed by atoms with Gasteiger partial charge in [0.2, 0.25) is 5.75 Å². The van der Waals surface area contributed by atoms with Gasteiger partial charge in [-0.2, -0.15) is 0 Å². The predicted molar refractivity (Wildman–Crippen MR) is 69.5 cm³/mol. The molecule has 6 nitrogen and oxygen atoms in total. The molecule has 0 aliphatic rings. The van der Waals surface area contributed by atoms with E-state index in [1.165, 1.54) is 24.5 Å². The lowest BCUT2D eigenvalue weighted by Gasteiger charge is -2.08. The van der Waals surface area contributed by atoms with E-state index in [9.17, 15) is 10.1 Å². The molecule has 0 atom stereocenters. The third-order valence-electron chi connectivity index (χ3n) is 2.15. The number of benzene rings is 1. The van der Waals surface area contributed by atoms with Gasteiger partial charge in [-0.1, -0.05) is 15.9 Å². The average Bonchev–Trinajstić information content (AvgIpc) is 2.34. The van der Waals surface area contributed by atoms with Gasteiger partial charge in [0.05, 0.1) is 16.8 Å². The third kappa shape index (κ3) is 2.57. The number of nitro benzene ring substituents is 1. The van der Waals surface area contributed by atoms with E-state index in [0.717, 1.165) is 0 Å². The Morgan fingerprint density at radius 2 is 2.11 bits per heavy atom. The van der Waals surface area contributed by atoms with Gasteiger partial charge >= 0.3 is 5.69 Å². The first-order valence-electron chi connectivity index (χ1n) is 4.89. The Morgan fingerprint density at radius 3 is 2.78 bits per heavy atom. The molecule has 0 aliphatic heterocycles. The molecule has 1 heterocycles. The van der Waals surface area contributed by atoms with Gasteiger partial charge in [-0.15, -0.1) is 0 Å². The van der Waals surface area contributed by atoms with Gasteiger partial charge in [0.25, 0.3) is 0 Å². The van der Waals surface area contributed by atoms with Crippen LogP contribution in [0.15, 0.2) is 41.1 Å². The number of aromatic nitrogens is 1. The van der Waals surface area contributed by atoms with Crippen molar-refractivity contribution < 1.29 is 9.66 Å². The molecule has 92 valence electrons. The Labute approximate surface area is 111 Å². The summed E-state index contributed by atoms with van der Waals surface area (Å²) in [5, 5.41) is 10.9. The summed E-state index contributed by atoms with van der Waals surface area (Å²) in [6.07, 6.45) is 2.91. The van der Waals surface area contributed by atoms with Crippen LogP contribution in [0.2, 0.25) is 0 Å². The monoisotopic (exact) mass is 309 g/mol. The molecule has 2 aromatic rings. The molecule has 1 aromatic heterocycles. The number of hydrogen-bond acceptors (Lipinski definition) is 5. The molecule has 1 aromatic carbocycles. The van der Waals surface area contributed by atoms with Crippen molar-refractivity contribution in [2.75, 3.05) is 5.73 Å². The van der Waals surface area contributed by atoms with Crippen LogP contribution in [0.1, 0.15) is 0 Å². The first kappa shape index (κ1) is 12.3. The van der Waals surface area contributed by atoms with E-state index in [1.807, 2.05) is 0 Å². The van der Waals surface area contributed by atoms with Crippen LogP contribution in [-0.2, 0) is 0 Å². The van der Waals surface area contributed by atoms with Gasteiger partial charge in [0.15, 0.2) is 5.75 Å². The van der Waals surface area contributed by atoms with E-state index >= 15 is 0 Å². The zero-order valence-corrected chi connectivity index (χ0v) is 10.6. The van der Waals surface area contributed by atoms with Gasteiger partial charge < -0.3 is 10.5 Å². The molecular weight excluding hydrogens is 302 g/mol. The maximum atomic E-state index is 10.9. The Morgan fingerprint density at radius 1 is 1.33 bits per heavy atom. The van der Waals surface area contributed by atoms with Crippen molar-refractivity contribution in [1.29, 1.82) is 0 Å². The topological polar surface area (TPSA) is 91.3 Å². The second-order valence-corrected chi connectivity index (χ2v) is 4.30. The molecule has 0 unspecified atom stereocenters. The fourth-order valence-electron chi connectivity index (χ4n) is 1.32. The maximum absolute atomic E-state index is 10.9. The minimum absolute atomic E-state index is 0.126. The van der Waals surface area contributed by atoms with Gasteiger partial charge in [0, 0.05) is 22.8 Å². The Bertz CT molecular complexity index is 604. The van der Waals surface area contributed by atoms with Crippen molar-refractivity contribution in [2.45, 2.75) is 0 Å². The molecule has 0 bridgehead atoms. The number of ether oxygens (including phenoxy) is 1. The van der Waals surface area contributed by atoms with Crippen LogP contribution in [0.3, 0.4) is 0 Å². The summed E-state index contributed by atoms with van der Waals surface area (Å²) in [6, 6.07) is 6.07. The lowest BCUT2D eigenvalue weighted by molar-refractivity contribution is -0.385. The molecule has 0 saturated carbocycles. The first-order valence-corrected chi connectivity index (χ1v) is 5.68. The number of rotatable bonds is 3. The Balaban J connectivity index is 2.41. The molecule has 0 amide bonds. The van der Waals surface area contributed by atoms with Crippen LogP contribution in [0.4, 0.5) is 11.4 Å². The number of nitrogens with two attached hydrogens (primary N) is 1. The van der Waals surface area contributed by atoms with Crippen LogP contribution in [0.5, 0.6) is 11.5 Å². The second kappa shape index (κ2) is 5.01. The first-order chi connectivity index (χ1) is 8.58. The third-order valence-corrected chi connectivity index (χ3v) is 2.64. The molecule has 2 rings (SSSR count). The van der Waals surface area contributed by atoms with E-state index in [0.29, 0.717) is 15.9 Å². The molecular formula is C11H8BrN3O3. The number of nitrogens with zero attached hydrogens (tertiary/aromatic N) is 2. The molecule has 0 radical (unpaired) electrons. The van der Waals surface area contributed by atoms with E-state index in [-0.39, 0.29) is 11.4 Å². The van der Waals surface area contributed by atoms with Crippen molar-refractivity contribution in [3.63, 3.8) is 0 Å². The summed E-state index contributed by atoms with van der Waals surface area (Å²) in [7, 11) is 0. The highest BCUT2D eigenvalue weighted by atomic mass is 79.9. The number of pyridine rings is 1. The molecule has 7 heteroatoms. The summed E-state index contributed by atoms with van der Waals surface area (Å²) < 4.78 is 6.03. The van der Waals surface area contributed by atoms with Crippen molar-refractivity contribution in [1.82, 2.24) is 4.98 Å². The number of anilines is 1. The van der Waals surface area contributed by atoms with E-state index in [4.69, 9.17) is 10.5 Å². The highest BCUT2D eigenvalue weighted by Crippen LogP contribution is 2.35. The summed E-state index contributed by atoms with van der Waals surface area (Å²) in [5.41, 5.74) is 5.83. The predicted octanol–water partition coefficient (Wildman–Crippen LogP) is 3.13. The number of nitro groups is 1. The molecule has 0 spiro atoms. The summed E-state index contributed by atoms with van der Waals surface area (Å²) in [4.78, 5) is 14.2. The van der Waals surface area contributed by atoms with Crippen LogP contribution in [0, 0.1) is 10.1 Å². The Hall–Kier alpha value is -2.15. The van der Waals surface area contributed by atoms with Gasteiger partial charge in [-0.25, -0.2) is 0 Å². The summed E-state index contributed by atoms with van der Waals surface area (Å²) in [5.74, 6) is 0.455. The largest absolute Gasteiger partial charge is 0.448 e. The molecule has 0 fully saturated rings. The number of hydrogen-bond donors (Lipinski definition) is 1. The number of halogens is 1. The zero-order chi connectivity index (χ0) is 13.1. The molecule has 18 heavy (non-hydrogen) atoms. The average molecular weight is 310 g/mol. The summed E-state index contributed by atoms with van der Waals surface area (Å²) in [6.45, 7) is 0. The molecule has 0 saturated heterocycles. The van der Waals surface area contributed by atoms with Crippen LogP contribution >= 0.6 is 15.9 Å². The minimum Gasteiger partial charge on any atom is -0.448 e. The standard InChI is InChI=1S/C11H8BrN3O3/c12-7-1-2-11(9(5-7)15(16)17)18-10-3-4-14-6-8(10)13/h1-6H,13H2. The van der Waals surface area contributed by atoms with Crippen molar-refractivity contribution in [3.8, 4) is 11.5 Å². The van der Waals surface area contributed by atoms with Gasteiger partial charge in [-0.3, -0.25) is 15.1 Å². The fraction of sp³-hybridized carbons (Fsp3) is 0. The fourth-order valence-corrected chi connectivity index (χ4v) is 1.67. The SMILES string of the molecule is Nc1cnccc1Oc1ccc(Br)cc1[N+](=O)[O-].